The number of hydrogen-bond donors (Lipinski definition) is 0. The van der Waals surface area contributed by atoms with Crippen LogP contribution in [0.15, 0.2) is 17.9 Å². The van der Waals surface area contributed by atoms with Crippen LogP contribution in [0.3, 0.4) is 0 Å². The highest BCUT2D eigenvalue weighted by Gasteiger charge is 1.93. The molecule has 0 aliphatic rings. The van der Waals surface area contributed by atoms with Crippen molar-refractivity contribution in [3.8, 4) is 0 Å². The highest BCUT2D eigenvalue weighted by atomic mass is 14.0. The van der Waals surface area contributed by atoms with Crippen molar-refractivity contribution in [3.63, 3.8) is 0 Å². The van der Waals surface area contributed by atoms with Crippen molar-refractivity contribution in [1.29, 1.82) is 0 Å². The summed E-state index contributed by atoms with van der Waals surface area (Å²) in [4.78, 5) is 0. The molecule has 0 spiro atoms. The van der Waals surface area contributed by atoms with E-state index in [2.05, 4.69) is 31.7 Å². The summed E-state index contributed by atoms with van der Waals surface area (Å²) in [5.74, 6) is 0. The van der Waals surface area contributed by atoms with Crippen LogP contribution in [0.5, 0.6) is 0 Å². The van der Waals surface area contributed by atoms with Crippen LogP contribution in [0.1, 0.15) is 149 Å². The molecule has 0 nitrogen and oxygen atoms in total. The third-order valence-corrected chi connectivity index (χ3v) is 5.39. The topological polar surface area (TPSA) is 0 Å². The minimum atomic E-state index is 1.22. The van der Waals surface area contributed by atoms with E-state index < -0.39 is 0 Å². The molecule has 0 heteroatoms. The van der Waals surface area contributed by atoms with Gasteiger partial charge >= 0.3 is 0 Å². The fourth-order valence-electron chi connectivity index (χ4n) is 3.54. The maximum absolute atomic E-state index is 3.38. The monoisotopic (exact) mass is 362 g/mol. The fourth-order valence-corrected chi connectivity index (χ4v) is 3.54. The first-order valence-electron chi connectivity index (χ1n) is 12.3. The molecule has 0 N–H and O–H groups in total. The molecule has 0 aliphatic carbocycles. The third-order valence-electron chi connectivity index (χ3n) is 5.39. The Labute approximate surface area is 166 Å². The summed E-state index contributed by atoms with van der Waals surface area (Å²) in [6, 6.07) is 0. The van der Waals surface area contributed by atoms with Gasteiger partial charge in [-0.3, -0.25) is 0 Å². The summed E-state index contributed by atoms with van der Waals surface area (Å²) in [6.45, 7) is 4.58. The second-order valence-electron chi connectivity index (χ2n) is 8.16. The Morgan fingerprint density at radius 1 is 0.385 bits per heavy atom. The quantitative estimate of drug-likeness (QED) is 0.141. The first-order chi connectivity index (χ1) is 12.9. The Hall–Kier alpha value is -0.480. The zero-order chi connectivity index (χ0) is 19.0. The largest absolute Gasteiger partial charge is 0.130 e. The molecule has 0 unspecified atom stereocenters. The van der Waals surface area contributed by atoms with E-state index >= 15 is 0 Å². The van der Waals surface area contributed by atoms with Crippen LogP contribution in [-0.4, -0.2) is 0 Å². The molecule has 0 aliphatic heterocycles. The average molecular weight is 363 g/mol. The number of rotatable bonds is 21. The predicted octanol–water partition coefficient (Wildman–Crippen LogP) is 9.93. The molecule has 0 saturated heterocycles. The van der Waals surface area contributed by atoms with Gasteiger partial charge in [0.05, 0.1) is 0 Å². The van der Waals surface area contributed by atoms with Gasteiger partial charge in [-0.25, -0.2) is 0 Å². The Morgan fingerprint density at radius 2 is 0.654 bits per heavy atom. The highest BCUT2D eigenvalue weighted by molar-refractivity contribution is 4.84. The van der Waals surface area contributed by atoms with Crippen molar-refractivity contribution in [3.05, 3.63) is 17.9 Å². The summed E-state index contributed by atoms with van der Waals surface area (Å²) < 4.78 is 0. The second kappa shape index (κ2) is 24.5. The van der Waals surface area contributed by atoms with Crippen LogP contribution in [0.4, 0.5) is 0 Å². The van der Waals surface area contributed by atoms with E-state index in [4.69, 9.17) is 0 Å². The maximum atomic E-state index is 3.38. The SMILES string of the molecule is CCCCCCCCC=C=CCCCCCCCCCCCCCCC. The van der Waals surface area contributed by atoms with Crippen molar-refractivity contribution < 1.29 is 0 Å². The summed E-state index contributed by atoms with van der Waals surface area (Å²) in [5.41, 5.74) is 3.38. The van der Waals surface area contributed by atoms with Gasteiger partial charge in [0, 0.05) is 0 Å². The lowest BCUT2D eigenvalue weighted by molar-refractivity contribution is 0.540. The van der Waals surface area contributed by atoms with Gasteiger partial charge in [-0.05, 0) is 37.8 Å². The molecule has 0 amide bonds. The van der Waals surface area contributed by atoms with Gasteiger partial charge in [0.15, 0.2) is 0 Å². The lowest BCUT2D eigenvalue weighted by atomic mass is 10.0. The maximum Gasteiger partial charge on any atom is -0.0274 e. The van der Waals surface area contributed by atoms with E-state index in [1.807, 2.05) is 0 Å². The Kier molecular flexibility index (Phi) is 24.1. The van der Waals surface area contributed by atoms with Crippen LogP contribution in [-0.2, 0) is 0 Å². The average Bonchev–Trinajstić information content (AvgIpc) is 2.66. The van der Waals surface area contributed by atoms with Crippen LogP contribution in [0.2, 0.25) is 0 Å². The Balaban J connectivity index is 3.12. The molecule has 0 aromatic carbocycles. The summed E-state index contributed by atoms with van der Waals surface area (Å²) in [6.07, 6.45) is 34.0. The second-order valence-corrected chi connectivity index (χ2v) is 8.16. The van der Waals surface area contributed by atoms with Crippen molar-refractivity contribution in [2.45, 2.75) is 149 Å². The molecule has 0 aromatic heterocycles. The van der Waals surface area contributed by atoms with Gasteiger partial charge in [0.25, 0.3) is 0 Å². The molecule has 0 heterocycles. The molecule has 0 radical (unpaired) electrons. The minimum Gasteiger partial charge on any atom is -0.130 e. The van der Waals surface area contributed by atoms with Crippen LogP contribution < -0.4 is 0 Å². The first-order valence-corrected chi connectivity index (χ1v) is 12.3. The van der Waals surface area contributed by atoms with E-state index in [0.717, 1.165) is 0 Å². The molecule has 0 rings (SSSR count). The Morgan fingerprint density at radius 3 is 0.962 bits per heavy atom. The van der Waals surface area contributed by atoms with Crippen LogP contribution >= 0.6 is 0 Å². The normalized spacial score (nSPS) is 10.7. The molecule has 0 bridgehead atoms. The summed E-state index contributed by atoms with van der Waals surface area (Å²) >= 11 is 0. The van der Waals surface area contributed by atoms with E-state index in [1.54, 1.807) is 0 Å². The standard InChI is InChI=1S/C26H50/c1-3-5-7-9-11-13-15-17-19-21-23-25-26-24-22-20-18-16-14-12-10-8-6-4-2/h17,21H,3-16,18,20,22-26H2,1-2H3. The van der Waals surface area contributed by atoms with E-state index in [1.165, 1.54) is 135 Å². The van der Waals surface area contributed by atoms with Gasteiger partial charge in [0.2, 0.25) is 0 Å². The molecule has 0 fully saturated rings. The summed E-state index contributed by atoms with van der Waals surface area (Å²) in [7, 11) is 0. The zero-order valence-electron chi connectivity index (χ0n) is 18.5. The zero-order valence-corrected chi connectivity index (χ0v) is 18.5. The van der Waals surface area contributed by atoms with E-state index in [0.29, 0.717) is 0 Å². The van der Waals surface area contributed by atoms with Gasteiger partial charge in [-0.2, -0.15) is 0 Å². The molecular weight excluding hydrogens is 312 g/mol. The van der Waals surface area contributed by atoms with E-state index in [-0.39, 0.29) is 0 Å². The molecule has 0 atom stereocenters. The van der Waals surface area contributed by atoms with Gasteiger partial charge in [-0.15, -0.1) is 5.73 Å². The molecule has 154 valence electrons. The predicted molar refractivity (Wildman–Crippen MR) is 121 cm³/mol. The fraction of sp³-hybridized carbons (Fsp3) is 0.885. The lowest BCUT2D eigenvalue weighted by Gasteiger charge is -2.02. The Bertz CT molecular complexity index is 295. The summed E-state index contributed by atoms with van der Waals surface area (Å²) in [5, 5.41) is 0. The molecular formula is C26H50. The van der Waals surface area contributed by atoms with Crippen molar-refractivity contribution >= 4 is 0 Å². The minimum absolute atomic E-state index is 1.22. The molecule has 0 aromatic rings. The lowest BCUT2D eigenvalue weighted by Crippen LogP contribution is -1.82. The van der Waals surface area contributed by atoms with Gasteiger partial charge in [0.1, 0.15) is 0 Å². The van der Waals surface area contributed by atoms with Crippen LogP contribution in [0, 0.1) is 0 Å². The molecule has 26 heavy (non-hydrogen) atoms. The number of hydrogen-bond acceptors (Lipinski definition) is 0. The number of unbranched alkanes of at least 4 members (excludes halogenated alkanes) is 19. The van der Waals surface area contributed by atoms with Crippen molar-refractivity contribution in [2.75, 3.05) is 0 Å². The van der Waals surface area contributed by atoms with Gasteiger partial charge in [-0.1, -0.05) is 123 Å². The smallest absolute Gasteiger partial charge is 0.0274 e. The highest BCUT2D eigenvalue weighted by Crippen LogP contribution is 2.13. The van der Waals surface area contributed by atoms with E-state index in [9.17, 15) is 0 Å². The molecule has 0 saturated carbocycles. The third kappa shape index (κ3) is 23.5. The van der Waals surface area contributed by atoms with Crippen molar-refractivity contribution in [1.82, 2.24) is 0 Å². The van der Waals surface area contributed by atoms with Crippen LogP contribution in [0.25, 0.3) is 0 Å². The first kappa shape index (κ1) is 25.5. The van der Waals surface area contributed by atoms with Gasteiger partial charge < -0.3 is 0 Å². The van der Waals surface area contributed by atoms with Crippen molar-refractivity contribution in [2.24, 2.45) is 0 Å². The number of allylic oxidation sites excluding steroid dienone is 1.